The Hall–Kier alpha value is -3.47. The molecular weight excluding hydrogens is 376 g/mol. The van der Waals surface area contributed by atoms with E-state index in [1.807, 2.05) is 97.6 Å². The summed E-state index contributed by atoms with van der Waals surface area (Å²) >= 11 is 0. The van der Waals surface area contributed by atoms with Gasteiger partial charge in [0.25, 0.3) is 5.91 Å². The van der Waals surface area contributed by atoms with Crippen LogP contribution in [0.3, 0.4) is 0 Å². The van der Waals surface area contributed by atoms with Crippen LogP contribution in [0.2, 0.25) is 0 Å². The van der Waals surface area contributed by atoms with Crippen LogP contribution in [-0.2, 0) is 5.66 Å². The van der Waals surface area contributed by atoms with Crippen molar-refractivity contribution in [2.24, 2.45) is 0 Å². The number of anilines is 1. The van der Waals surface area contributed by atoms with Crippen LogP contribution in [0.5, 0.6) is 11.5 Å². The average molecular weight is 402 g/mol. The standard InChI is InChI=1S/C25H26N2O3/c1-3-27-24(28)22-11-7-8-12-23(22)26-25(27,2)19-13-15-21(16-14-19)30-18-17-29-20-9-5-4-6-10-20/h4-16,26H,3,17-18H2,1-2H3. The van der Waals surface area contributed by atoms with Crippen molar-refractivity contribution in [3.63, 3.8) is 0 Å². The molecule has 0 saturated carbocycles. The number of fused-ring (bicyclic) bond motifs is 1. The van der Waals surface area contributed by atoms with Gasteiger partial charge >= 0.3 is 0 Å². The van der Waals surface area contributed by atoms with E-state index >= 15 is 0 Å². The van der Waals surface area contributed by atoms with Gasteiger partial charge in [0.1, 0.15) is 30.4 Å². The number of para-hydroxylation sites is 2. The molecule has 4 rings (SSSR count). The monoisotopic (exact) mass is 402 g/mol. The van der Waals surface area contributed by atoms with E-state index in [1.165, 1.54) is 0 Å². The van der Waals surface area contributed by atoms with Gasteiger partial charge in [0.05, 0.1) is 5.56 Å². The maximum atomic E-state index is 13.0. The van der Waals surface area contributed by atoms with Gasteiger partial charge in [-0.3, -0.25) is 4.79 Å². The summed E-state index contributed by atoms with van der Waals surface area (Å²) in [5.41, 5.74) is 1.93. The Balaban J connectivity index is 1.44. The summed E-state index contributed by atoms with van der Waals surface area (Å²) in [4.78, 5) is 14.9. The normalized spacial score (nSPS) is 17.8. The first-order chi connectivity index (χ1) is 14.6. The zero-order valence-electron chi connectivity index (χ0n) is 17.3. The first-order valence-electron chi connectivity index (χ1n) is 10.2. The third-order valence-corrected chi connectivity index (χ3v) is 5.42. The van der Waals surface area contributed by atoms with Gasteiger partial charge in [-0.2, -0.15) is 0 Å². The largest absolute Gasteiger partial charge is 0.490 e. The fourth-order valence-corrected chi connectivity index (χ4v) is 3.86. The van der Waals surface area contributed by atoms with Crippen molar-refractivity contribution >= 4 is 11.6 Å². The van der Waals surface area contributed by atoms with Gasteiger partial charge in [-0.15, -0.1) is 0 Å². The first-order valence-corrected chi connectivity index (χ1v) is 10.2. The number of hydrogen-bond donors (Lipinski definition) is 1. The summed E-state index contributed by atoms with van der Waals surface area (Å²) in [5.74, 6) is 1.63. The average Bonchev–Trinajstić information content (AvgIpc) is 2.78. The van der Waals surface area contributed by atoms with Crippen LogP contribution in [-0.4, -0.2) is 30.6 Å². The van der Waals surface area contributed by atoms with Crippen molar-refractivity contribution in [3.8, 4) is 11.5 Å². The van der Waals surface area contributed by atoms with Crippen molar-refractivity contribution in [2.45, 2.75) is 19.5 Å². The van der Waals surface area contributed by atoms with Crippen molar-refractivity contribution in [2.75, 3.05) is 25.1 Å². The predicted molar refractivity (Wildman–Crippen MR) is 118 cm³/mol. The molecule has 0 aliphatic carbocycles. The van der Waals surface area contributed by atoms with E-state index in [9.17, 15) is 4.79 Å². The summed E-state index contributed by atoms with van der Waals surface area (Å²) in [6, 6.07) is 25.2. The van der Waals surface area contributed by atoms with Crippen LogP contribution < -0.4 is 14.8 Å². The SMILES string of the molecule is CCN1C(=O)c2ccccc2NC1(C)c1ccc(OCCOc2ccccc2)cc1. The number of benzene rings is 3. The number of carbonyl (C=O) groups excluding carboxylic acids is 1. The Morgan fingerprint density at radius 3 is 2.10 bits per heavy atom. The second-order valence-corrected chi connectivity index (χ2v) is 7.33. The molecule has 3 aromatic rings. The zero-order valence-corrected chi connectivity index (χ0v) is 17.3. The Bertz CT molecular complexity index is 1000. The molecule has 1 aliphatic heterocycles. The number of rotatable bonds is 7. The maximum Gasteiger partial charge on any atom is 0.258 e. The fourth-order valence-electron chi connectivity index (χ4n) is 3.86. The quantitative estimate of drug-likeness (QED) is 0.571. The lowest BCUT2D eigenvalue weighted by molar-refractivity contribution is 0.0553. The van der Waals surface area contributed by atoms with Gasteiger partial charge in [0.2, 0.25) is 0 Å². The Kier molecular flexibility index (Phi) is 5.61. The highest BCUT2D eigenvalue weighted by atomic mass is 16.5. The molecule has 1 heterocycles. The molecule has 0 fully saturated rings. The molecule has 1 atom stereocenters. The van der Waals surface area contributed by atoms with Gasteiger partial charge in [0, 0.05) is 12.2 Å². The smallest absolute Gasteiger partial charge is 0.258 e. The number of hydrogen-bond acceptors (Lipinski definition) is 4. The lowest BCUT2D eigenvalue weighted by Crippen LogP contribution is -2.55. The van der Waals surface area contributed by atoms with Crippen LogP contribution in [0.25, 0.3) is 0 Å². The Morgan fingerprint density at radius 2 is 1.43 bits per heavy atom. The van der Waals surface area contributed by atoms with Crippen molar-refractivity contribution in [3.05, 3.63) is 90.0 Å². The molecule has 154 valence electrons. The van der Waals surface area contributed by atoms with E-state index in [4.69, 9.17) is 9.47 Å². The molecule has 1 N–H and O–H groups in total. The minimum Gasteiger partial charge on any atom is -0.490 e. The summed E-state index contributed by atoms with van der Waals surface area (Å²) < 4.78 is 11.5. The third-order valence-electron chi connectivity index (χ3n) is 5.42. The third kappa shape index (κ3) is 3.83. The minimum absolute atomic E-state index is 0.0349. The van der Waals surface area contributed by atoms with Crippen molar-refractivity contribution < 1.29 is 14.3 Å². The second kappa shape index (κ2) is 8.49. The molecule has 1 amide bonds. The Labute approximate surface area is 177 Å². The molecule has 5 nitrogen and oxygen atoms in total. The molecule has 3 aromatic carbocycles. The minimum atomic E-state index is -0.630. The summed E-state index contributed by atoms with van der Waals surface area (Å²) in [6.45, 7) is 5.56. The van der Waals surface area contributed by atoms with Crippen LogP contribution in [0.4, 0.5) is 5.69 Å². The van der Waals surface area contributed by atoms with Gasteiger partial charge in [0.15, 0.2) is 0 Å². The maximum absolute atomic E-state index is 13.0. The number of carbonyl (C=O) groups is 1. The van der Waals surface area contributed by atoms with Crippen LogP contribution in [0, 0.1) is 0 Å². The van der Waals surface area contributed by atoms with E-state index in [1.54, 1.807) is 0 Å². The van der Waals surface area contributed by atoms with E-state index < -0.39 is 5.66 Å². The van der Waals surface area contributed by atoms with Gasteiger partial charge in [-0.25, -0.2) is 0 Å². The van der Waals surface area contributed by atoms with Gasteiger partial charge in [-0.1, -0.05) is 42.5 Å². The molecule has 0 bridgehead atoms. The molecule has 30 heavy (non-hydrogen) atoms. The molecule has 0 radical (unpaired) electrons. The molecule has 0 saturated heterocycles. The van der Waals surface area contributed by atoms with Gasteiger partial charge in [-0.05, 0) is 55.8 Å². The highest BCUT2D eigenvalue weighted by molar-refractivity contribution is 6.02. The molecule has 1 unspecified atom stereocenters. The number of nitrogens with zero attached hydrogens (tertiary/aromatic N) is 1. The molecular formula is C25H26N2O3. The van der Waals surface area contributed by atoms with Crippen molar-refractivity contribution in [1.82, 2.24) is 4.90 Å². The highest BCUT2D eigenvalue weighted by Crippen LogP contribution is 2.37. The molecule has 1 aliphatic rings. The van der Waals surface area contributed by atoms with E-state index in [2.05, 4.69) is 5.32 Å². The van der Waals surface area contributed by atoms with E-state index in [-0.39, 0.29) is 5.91 Å². The molecule has 0 aromatic heterocycles. The highest BCUT2D eigenvalue weighted by Gasteiger charge is 2.41. The summed E-state index contributed by atoms with van der Waals surface area (Å²) in [6.07, 6.45) is 0. The lowest BCUT2D eigenvalue weighted by atomic mass is 9.93. The van der Waals surface area contributed by atoms with Crippen LogP contribution in [0.1, 0.15) is 29.8 Å². The fraction of sp³-hybridized carbons (Fsp3) is 0.240. The number of amides is 1. The first kappa shape index (κ1) is 19.8. The lowest BCUT2D eigenvalue weighted by Gasteiger charge is -2.46. The second-order valence-electron chi connectivity index (χ2n) is 7.33. The van der Waals surface area contributed by atoms with Gasteiger partial charge < -0.3 is 19.7 Å². The zero-order chi connectivity index (χ0) is 21.0. The molecule has 0 spiro atoms. The molecule has 5 heteroatoms. The van der Waals surface area contributed by atoms with Crippen LogP contribution >= 0.6 is 0 Å². The number of nitrogens with one attached hydrogen (secondary N) is 1. The summed E-state index contributed by atoms with van der Waals surface area (Å²) in [7, 11) is 0. The van der Waals surface area contributed by atoms with Crippen molar-refractivity contribution in [1.29, 1.82) is 0 Å². The van der Waals surface area contributed by atoms with E-state index in [0.29, 0.717) is 25.3 Å². The topological polar surface area (TPSA) is 50.8 Å². The van der Waals surface area contributed by atoms with Crippen LogP contribution in [0.15, 0.2) is 78.9 Å². The van der Waals surface area contributed by atoms with E-state index in [0.717, 1.165) is 22.7 Å². The Morgan fingerprint density at radius 1 is 0.833 bits per heavy atom. The summed E-state index contributed by atoms with van der Waals surface area (Å²) in [5, 5.41) is 3.56. The number of ether oxygens (including phenoxy) is 2. The predicted octanol–water partition coefficient (Wildman–Crippen LogP) is 4.90.